The van der Waals surface area contributed by atoms with Gasteiger partial charge in [-0.1, -0.05) is 13.8 Å². The molecular weight excluding hydrogens is 351 g/mol. The van der Waals surface area contributed by atoms with E-state index in [1.54, 1.807) is 0 Å². The van der Waals surface area contributed by atoms with Gasteiger partial charge < -0.3 is 14.6 Å². The molecule has 2 saturated carbocycles. The number of carbonyl (C=O) groups is 1. The first-order chi connectivity index (χ1) is 11.3. The molecule has 4 nitrogen and oxygen atoms in total. The van der Waals surface area contributed by atoms with Crippen LogP contribution < -0.4 is 0 Å². The second kappa shape index (κ2) is 5.28. The number of fused-ring (bicyclic) bond motifs is 2. The Morgan fingerprint density at radius 1 is 1.20 bits per heavy atom. The second-order valence-electron chi connectivity index (χ2n) is 7.71. The summed E-state index contributed by atoms with van der Waals surface area (Å²) < 4.78 is 78.5. The number of aliphatic hydroxyl groups is 1. The molecule has 144 valence electrons. The summed E-state index contributed by atoms with van der Waals surface area (Å²) in [5, 5.41) is 9.66. The summed E-state index contributed by atoms with van der Waals surface area (Å²) in [4.78, 5) is 11.5. The molecule has 3 aliphatic rings. The average Bonchev–Trinajstić information content (AvgIpc) is 3.07. The Labute approximate surface area is 141 Å². The van der Waals surface area contributed by atoms with Crippen molar-refractivity contribution in [2.75, 3.05) is 6.61 Å². The number of carbonyl (C=O) groups excluding carboxylic acids is 1. The Hall–Kier alpha value is -0.960. The summed E-state index contributed by atoms with van der Waals surface area (Å²) in [5.74, 6) is -11.6. The van der Waals surface area contributed by atoms with Crippen molar-refractivity contribution in [3.8, 4) is 0 Å². The first-order valence-electron chi connectivity index (χ1n) is 8.29. The lowest BCUT2D eigenvalue weighted by molar-refractivity contribution is -0.412. The number of alkyl halides is 5. The minimum Gasteiger partial charge on any atom is -0.450 e. The number of halogens is 5. The van der Waals surface area contributed by atoms with Crippen LogP contribution in [-0.2, 0) is 14.3 Å². The number of hydrogen-bond acceptors (Lipinski definition) is 4. The lowest BCUT2D eigenvalue weighted by Crippen LogP contribution is -2.67. The fourth-order valence-electron chi connectivity index (χ4n) is 5.18. The van der Waals surface area contributed by atoms with E-state index in [1.165, 1.54) is 0 Å². The van der Waals surface area contributed by atoms with Crippen LogP contribution in [0.15, 0.2) is 0 Å². The van der Waals surface area contributed by atoms with Crippen molar-refractivity contribution in [2.24, 2.45) is 29.6 Å². The molecule has 3 fully saturated rings. The molecule has 0 aromatic carbocycles. The highest BCUT2D eigenvalue weighted by Crippen LogP contribution is 2.65. The summed E-state index contributed by atoms with van der Waals surface area (Å²) in [6.45, 7) is 3.53. The molecule has 3 rings (SSSR count). The highest BCUT2D eigenvalue weighted by molar-refractivity contribution is 5.67. The SMILES string of the molecule is CC(=O)OC1(C2CC3CC2C(C)C3C)COC(O)(C(F)(F)F)C1(F)F. The van der Waals surface area contributed by atoms with Crippen molar-refractivity contribution in [2.45, 2.75) is 57.1 Å². The molecule has 2 aliphatic carbocycles. The van der Waals surface area contributed by atoms with Crippen molar-refractivity contribution in [3.05, 3.63) is 0 Å². The molecule has 1 aliphatic heterocycles. The molecular formula is C16H21F5O4. The highest BCUT2D eigenvalue weighted by Gasteiger charge is 2.86. The predicted octanol–water partition coefficient (Wildman–Crippen LogP) is 3.13. The van der Waals surface area contributed by atoms with E-state index >= 15 is 0 Å². The summed E-state index contributed by atoms with van der Waals surface area (Å²) in [5.41, 5.74) is -2.82. The van der Waals surface area contributed by atoms with Gasteiger partial charge in [0.1, 0.15) is 0 Å². The maximum Gasteiger partial charge on any atom is 0.449 e. The van der Waals surface area contributed by atoms with Crippen LogP contribution in [0, 0.1) is 29.6 Å². The standard InChI is InChI=1S/C16H21F5O4/c1-7-8(2)11-4-10(7)5-12(11)13(25-9(3)22)6-24-15(23,14(13,17)18)16(19,20)21/h7-8,10-12,23H,4-6H2,1-3H3. The molecule has 0 aromatic rings. The first kappa shape index (κ1) is 18.8. The van der Waals surface area contributed by atoms with Gasteiger partial charge in [-0.05, 0) is 36.5 Å². The van der Waals surface area contributed by atoms with E-state index in [9.17, 15) is 31.9 Å². The van der Waals surface area contributed by atoms with Gasteiger partial charge in [0.25, 0.3) is 0 Å². The van der Waals surface area contributed by atoms with Gasteiger partial charge in [-0.25, -0.2) is 0 Å². The molecule has 0 spiro atoms. The highest BCUT2D eigenvalue weighted by atomic mass is 19.4. The van der Waals surface area contributed by atoms with Gasteiger partial charge in [-0.15, -0.1) is 0 Å². The van der Waals surface area contributed by atoms with E-state index in [4.69, 9.17) is 4.74 Å². The molecule has 7 unspecified atom stereocenters. The molecule has 1 saturated heterocycles. The van der Waals surface area contributed by atoms with Crippen LogP contribution in [0.2, 0.25) is 0 Å². The monoisotopic (exact) mass is 372 g/mol. The van der Waals surface area contributed by atoms with E-state index in [0.29, 0.717) is 6.42 Å². The Bertz CT molecular complexity index is 577. The molecule has 0 amide bonds. The van der Waals surface area contributed by atoms with Gasteiger partial charge in [0.15, 0.2) is 0 Å². The second-order valence-corrected chi connectivity index (χ2v) is 7.71. The Kier molecular flexibility index (Phi) is 3.97. The van der Waals surface area contributed by atoms with E-state index in [1.807, 2.05) is 13.8 Å². The first-order valence-corrected chi connectivity index (χ1v) is 8.29. The molecule has 1 heterocycles. The number of rotatable bonds is 2. The quantitative estimate of drug-likeness (QED) is 0.598. The summed E-state index contributed by atoms with van der Waals surface area (Å²) in [6.07, 6.45) is -4.91. The van der Waals surface area contributed by atoms with Crippen LogP contribution in [0.25, 0.3) is 0 Å². The number of hydrogen-bond donors (Lipinski definition) is 1. The van der Waals surface area contributed by atoms with Crippen LogP contribution in [0.5, 0.6) is 0 Å². The summed E-state index contributed by atoms with van der Waals surface area (Å²) in [7, 11) is 0. The molecule has 25 heavy (non-hydrogen) atoms. The number of ether oxygens (including phenoxy) is 2. The lowest BCUT2D eigenvalue weighted by atomic mass is 9.66. The Balaban J connectivity index is 2.06. The van der Waals surface area contributed by atoms with Gasteiger partial charge in [0, 0.05) is 12.8 Å². The largest absolute Gasteiger partial charge is 0.450 e. The van der Waals surface area contributed by atoms with Crippen LogP contribution in [0.4, 0.5) is 22.0 Å². The third-order valence-corrected chi connectivity index (χ3v) is 6.66. The van der Waals surface area contributed by atoms with Crippen molar-refractivity contribution in [1.29, 1.82) is 0 Å². The van der Waals surface area contributed by atoms with E-state index in [2.05, 4.69) is 4.74 Å². The van der Waals surface area contributed by atoms with Gasteiger partial charge in [0.05, 0.1) is 6.61 Å². The van der Waals surface area contributed by atoms with E-state index in [-0.39, 0.29) is 30.1 Å². The normalized spacial score (nSPS) is 48.8. The number of esters is 1. The van der Waals surface area contributed by atoms with Gasteiger partial charge in [-0.2, -0.15) is 22.0 Å². The topological polar surface area (TPSA) is 55.8 Å². The summed E-state index contributed by atoms with van der Waals surface area (Å²) in [6, 6.07) is 0. The predicted molar refractivity (Wildman–Crippen MR) is 74.4 cm³/mol. The minimum absolute atomic E-state index is 0.00608. The molecule has 0 radical (unpaired) electrons. The van der Waals surface area contributed by atoms with Crippen molar-refractivity contribution >= 4 is 5.97 Å². The zero-order valence-corrected chi connectivity index (χ0v) is 14.1. The third kappa shape index (κ3) is 2.20. The zero-order chi connectivity index (χ0) is 19.0. The fourth-order valence-corrected chi connectivity index (χ4v) is 5.18. The smallest absolute Gasteiger partial charge is 0.449 e. The molecule has 9 heteroatoms. The van der Waals surface area contributed by atoms with Crippen LogP contribution in [0.3, 0.4) is 0 Å². The molecule has 1 N–H and O–H groups in total. The van der Waals surface area contributed by atoms with Crippen LogP contribution >= 0.6 is 0 Å². The fraction of sp³-hybridized carbons (Fsp3) is 0.938. The van der Waals surface area contributed by atoms with Gasteiger partial charge >= 0.3 is 23.9 Å². The molecule has 0 aromatic heterocycles. The van der Waals surface area contributed by atoms with Crippen molar-refractivity contribution in [3.63, 3.8) is 0 Å². The van der Waals surface area contributed by atoms with Crippen LogP contribution in [0.1, 0.15) is 33.6 Å². The van der Waals surface area contributed by atoms with Crippen molar-refractivity contribution in [1.82, 2.24) is 0 Å². The maximum atomic E-state index is 15.0. The van der Waals surface area contributed by atoms with E-state index < -0.39 is 42.0 Å². The maximum absolute atomic E-state index is 15.0. The van der Waals surface area contributed by atoms with Gasteiger partial charge in [-0.3, -0.25) is 4.79 Å². The van der Waals surface area contributed by atoms with Gasteiger partial charge in [0.2, 0.25) is 5.60 Å². The third-order valence-electron chi connectivity index (χ3n) is 6.66. The van der Waals surface area contributed by atoms with Crippen molar-refractivity contribution < 1.29 is 41.3 Å². The molecule has 7 atom stereocenters. The Morgan fingerprint density at radius 2 is 1.80 bits per heavy atom. The van der Waals surface area contributed by atoms with Crippen LogP contribution in [-0.4, -0.2) is 41.2 Å². The minimum atomic E-state index is -5.73. The van der Waals surface area contributed by atoms with E-state index in [0.717, 1.165) is 6.92 Å². The zero-order valence-electron chi connectivity index (χ0n) is 14.1. The lowest BCUT2D eigenvalue weighted by Gasteiger charge is -2.45. The average molecular weight is 372 g/mol. The summed E-state index contributed by atoms with van der Waals surface area (Å²) >= 11 is 0. The Morgan fingerprint density at radius 3 is 2.20 bits per heavy atom. The molecule has 2 bridgehead atoms.